The average molecular weight is 382 g/mol. The maximum Gasteiger partial charge on any atom is 0.306 e. The second-order valence-electron chi connectivity index (χ2n) is 6.15. The maximum atomic E-state index is 12.1. The number of hydrogen-bond acceptors (Lipinski definition) is 6. The van der Waals surface area contributed by atoms with E-state index in [1.165, 1.54) is 21.9 Å². The number of benzene rings is 1. The van der Waals surface area contributed by atoms with E-state index in [9.17, 15) is 9.59 Å². The van der Waals surface area contributed by atoms with Crippen molar-refractivity contribution in [1.29, 1.82) is 0 Å². The van der Waals surface area contributed by atoms with Gasteiger partial charge in [0, 0.05) is 29.6 Å². The third kappa shape index (κ3) is 3.61. The highest BCUT2D eigenvalue weighted by Gasteiger charge is 2.11. The van der Waals surface area contributed by atoms with E-state index in [0.717, 1.165) is 27.9 Å². The molecule has 1 aromatic carbocycles. The van der Waals surface area contributed by atoms with Crippen LogP contribution in [0.25, 0.3) is 15.9 Å². The number of nitrogens with one attached hydrogen (secondary N) is 1. The number of aromatic amines is 1. The van der Waals surface area contributed by atoms with E-state index in [-0.39, 0.29) is 24.6 Å². The van der Waals surface area contributed by atoms with E-state index in [1.54, 1.807) is 0 Å². The van der Waals surface area contributed by atoms with Gasteiger partial charge in [-0.05, 0) is 24.5 Å². The molecule has 3 aromatic heterocycles. The predicted octanol–water partition coefficient (Wildman–Crippen LogP) is 2.87. The number of rotatable bonds is 6. The van der Waals surface area contributed by atoms with Crippen molar-refractivity contribution in [2.45, 2.75) is 32.8 Å². The van der Waals surface area contributed by atoms with Crippen molar-refractivity contribution in [1.82, 2.24) is 19.6 Å². The Morgan fingerprint density at radius 3 is 3.04 bits per heavy atom. The normalized spacial score (nSPS) is 11.3. The van der Waals surface area contributed by atoms with Crippen molar-refractivity contribution in [2.75, 3.05) is 0 Å². The number of para-hydroxylation sites is 1. The van der Waals surface area contributed by atoms with E-state index in [1.807, 2.05) is 37.4 Å². The quantitative estimate of drug-likeness (QED) is 0.518. The molecule has 0 unspecified atom stereocenters. The molecule has 0 amide bonds. The number of ether oxygens (including phenoxy) is 1. The van der Waals surface area contributed by atoms with Crippen molar-refractivity contribution < 1.29 is 9.53 Å². The van der Waals surface area contributed by atoms with E-state index in [2.05, 4.69) is 15.1 Å². The Labute approximate surface area is 158 Å². The highest BCUT2D eigenvalue weighted by atomic mass is 32.1. The van der Waals surface area contributed by atoms with E-state index < -0.39 is 0 Å². The standard InChI is InChI=1S/C19H18N4O3S/c1-2-16-22-23-17(24)9-13(21-19(23)27-16)11-26-18(25)8-7-12-10-20-15-6-4-3-5-14(12)15/h3-6,9-10,20H,2,7-8,11H2,1H3. The molecule has 8 heteroatoms. The van der Waals surface area contributed by atoms with Crippen molar-refractivity contribution in [2.24, 2.45) is 0 Å². The summed E-state index contributed by atoms with van der Waals surface area (Å²) in [6.45, 7) is 1.96. The second kappa shape index (κ2) is 7.32. The molecule has 0 aliphatic rings. The lowest BCUT2D eigenvalue weighted by molar-refractivity contribution is -0.145. The predicted molar refractivity (Wildman–Crippen MR) is 103 cm³/mol. The number of nitrogens with zero attached hydrogens (tertiary/aromatic N) is 3. The van der Waals surface area contributed by atoms with Gasteiger partial charge in [-0.1, -0.05) is 36.5 Å². The molecule has 1 N–H and O–H groups in total. The van der Waals surface area contributed by atoms with Crippen LogP contribution < -0.4 is 5.56 Å². The molecule has 3 heterocycles. The Kier molecular flexibility index (Phi) is 4.72. The summed E-state index contributed by atoms with van der Waals surface area (Å²) in [6.07, 6.45) is 3.52. The van der Waals surface area contributed by atoms with Crippen LogP contribution >= 0.6 is 11.3 Å². The third-order valence-electron chi connectivity index (χ3n) is 4.30. The van der Waals surface area contributed by atoms with Gasteiger partial charge in [-0.3, -0.25) is 9.59 Å². The molecule has 0 radical (unpaired) electrons. The molecule has 0 fully saturated rings. The molecule has 0 aliphatic heterocycles. The molecule has 0 aliphatic carbocycles. The molecule has 27 heavy (non-hydrogen) atoms. The average Bonchev–Trinajstić information content (AvgIpc) is 3.29. The molecule has 7 nitrogen and oxygen atoms in total. The first-order valence-corrected chi connectivity index (χ1v) is 9.55. The van der Waals surface area contributed by atoms with Crippen molar-refractivity contribution >= 4 is 33.2 Å². The van der Waals surface area contributed by atoms with Gasteiger partial charge in [0.15, 0.2) is 0 Å². The topological polar surface area (TPSA) is 89.4 Å². The van der Waals surface area contributed by atoms with Crippen LogP contribution in [0.3, 0.4) is 0 Å². The minimum absolute atomic E-state index is 0.0161. The molecule has 4 rings (SSSR count). The SMILES string of the molecule is CCc1nn2c(=O)cc(COC(=O)CCc3c[nH]c4ccccc34)nc2s1. The Morgan fingerprint density at radius 1 is 1.33 bits per heavy atom. The van der Waals surface area contributed by atoms with Crippen molar-refractivity contribution in [3.05, 3.63) is 63.1 Å². The lowest BCUT2D eigenvalue weighted by Crippen LogP contribution is -2.16. The van der Waals surface area contributed by atoms with Crippen LogP contribution in [-0.4, -0.2) is 25.6 Å². The van der Waals surface area contributed by atoms with E-state index >= 15 is 0 Å². The van der Waals surface area contributed by atoms with Crippen LogP contribution in [0.1, 0.15) is 29.6 Å². The summed E-state index contributed by atoms with van der Waals surface area (Å²) in [5.74, 6) is -0.319. The monoisotopic (exact) mass is 382 g/mol. The second-order valence-corrected chi connectivity index (χ2v) is 7.19. The van der Waals surface area contributed by atoms with Crippen LogP contribution in [0, 0.1) is 0 Å². The van der Waals surface area contributed by atoms with Crippen LogP contribution in [0.15, 0.2) is 41.3 Å². The molecule has 4 aromatic rings. The Bertz CT molecular complexity index is 1170. The summed E-state index contributed by atoms with van der Waals surface area (Å²) in [5, 5.41) is 6.15. The number of aryl methyl sites for hydroxylation is 2. The number of hydrogen-bond donors (Lipinski definition) is 1. The van der Waals surface area contributed by atoms with Gasteiger partial charge in [0.2, 0.25) is 4.96 Å². The van der Waals surface area contributed by atoms with Crippen LogP contribution in [0.5, 0.6) is 0 Å². The summed E-state index contributed by atoms with van der Waals surface area (Å²) in [4.78, 5) is 32.3. The fourth-order valence-corrected chi connectivity index (χ4v) is 3.77. The molecular weight excluding hydrogens is 364 g/mol. The number of esters is 1. The van der Waals surface area contributed by atoms with Gasteiger partial charge < -0.3 is 9.72 Å². The first-order valence-electron chi connectivity index (χ1n) is 8.73. The van der Waals surface area contributed by atoms with Crippen molar-refractivity contribution in [3.8, 4) is 0 Å². The minimum atomic E-state index is -0.319. The van der Waals surface area contributed by atoms with Gasteiger partial charge >= 0.3 is 5.97 Å². The molecule has 0 bridgehead atoms. The Morgan fingerprint density at radius 2 is 2.19 bits per heavy atom. The van der Waals surface area contributed by atoms with Crippen LogP contribution in [0.4, 0.5) is 0 Å². The highest BCUT2D eigenvalue weighted by molar-refractivity contribution is 7.16. The Hall–Kier alpha value is -3.00. The van der Waals surface area contributed by atoms with Crippen LogP contribution in [0.2, 0.25) is 0 Å². The van der Waals surface area contributed by atoms with Gasteiger partial charge in [-0.25, -0.2) is 4.98 Å². The number of carbonyl (C=O) groups excluding carboxylic acids is 1. The zero-order valence-corrected chi connectivity index (χ0v) is 15.6. The van der Waals surface area contributed by atoms with Crippen molar-refractivity contribution in [3.63, 3.8) is 0 Å². The van der Waals surface area contributed by atoms with Gasteiger partial charge in [-0.15, -0.1) is 0 Å². The maximum absolute atomic E-state index is 12.1. The third-order valence-corrected chi connectivity index (χ3v) is 5.35. The summed E-state index contributed by atoms with van der Waals surface area (Å²) in [6, 6.07) is 9.33. The zero-order valence-electron chi connectivity index (χ0n) is 14.8. The molecule has 0 atom stereocenters. The lowest BCUT2D eigenvalue weighted by Gasteiger charge is -2.04. The smallest absolute Gasteiger partial charge is 0.306 e. The minimum Gasteiger partial charge on any atom is -0.459 e. The zero-order chi connectivity index (χ0) is 18.8. The first kappa shape index (κ1) is 17.4. The number of H-pyrrole nitrogens is 1. The fourth-order valence-electron chi connectivity index (χ4n) is 2.91. The molecule has 138 valence electrons. The summed E-state index contributed by atoms with van der Waals surface area (Å²) in [7, 11) is 0. The van der Waals surface area contributed by atoms with E-state index in [0.29, 0.717) is 17.1 Å². The van der Waals surface area contributed by atoms with Gasteiger partial charge in [0.1, 0.15) is 11.6 Å². The highest BCUT2D eigenvalue weighted by Crippen LogP contribution is 2.19. The summed E-state index contributed by atoms with van der Waals surface area (Å²) in [5.41, 5.74) is 2.31. The molecule has 0 saturated heterocycles. The molecule has 0 saturated carbocycles. The fraction of sp³-hybridized carbons (Fsp3) is 0.263. The number of fused-ring (bicyclic) bond motifs is 2. The van der Waals surface area contributed by atoms with E-state index in [4.69, 9.17) is 4.74 Å². The Balaban J connectivity index is 1.39. The largest absolute Gasteiger partial charge is 0.459 e. The summed E-state index contributed by atoms with van der Waals surface area (Å²) < 4.78 is 6.58. The first-order chi connectivity index (χ1) is 13.1. The lowest BCUT2D eigenvalue weighted by atomic mass is 10.1. The molecule has 0 spiro atoms. The van der Waals surface area contributed by atoms with Gasteiger partial charge in [0.05, 0.1) is 5.69 Å². The number of carbonyl (C=O) groups is 1. The van der Waals surface area contributed by atoms with Gasteiger partial charge in [0.25, 0.3) is 5.56 Å². The van der Waals surface area contributed by atoms with Crippen LogP contribution in [-0.2, 0) is 29.0 Å². The van der Waals surface area contributed by atoms with Gasteiger partial charge in [-0.2, -0.15) is 9.61 Å². The summed E-state index contributed by atoms with van der Waals surface area (Å²) >= 11 is 1.37. The molecular formula is C19H18N4O3S. The number of aromatic nitrogens is 4.